The highest BCUT2D eigenvalue weighted by atomic mass is 28.3. The van der Waals surface area contributed by atoms with Gasteiger partial charge in [0.2, 0.25) is 0 Å². The number of amides is 2. The SMILES string of the molecule is CC(Cc1cnc([Si](C(C)C)(C(C)C)C(C)C)o1)Oc1cc(F)cc2cc(-c3nc4cc5c(nc4n3C)CCN(C[C@@H](CF)NC(=O)O)C5=O)n(CC3CC3)c12. The maximum absolute atomic E-state index is 15.4. The number of alkyl halides is 1. The number of ether oxygens (including phenoxy) is 1. The minimum atomic E-state index is -2.08. The average Bonchev–Trinajstić information content (AvgIpc) is 3.57. The average molecular weight is 790 g/mol. The van der Waals surface area contributed by atoms with Gasteiger partial charge in [-0.3, -0.25) is 4.79 Å². The molecule has 5 heterocycles. The first-order chi connectivity index (χ1) is 26.6. The van der Waals surface area contributed by atoms with Crippen molar-refractivity contribution in [2.24, 2.45) is 13.0 Å². The molecule has 2 amide bonds. The van der Waals surface area contributed by atoms with Gasteiger partial charge in [-0.15, -0.1) is 0 Å². The molecule has 1 unspecified atom stereocenters. The number of imidazole rings is 1. The van der Waals surface area contributed by atoms with Crippen LogP contribution in [0.3, 0.4) is 0 Å². The van der Waals surface area contributed by atoms with Crippen molar-refractivity contribution in [3.8, 4) is 17.3 Å². The predicted octanol–water partition coefficient (Wildman–Crippen LogP) is 7.63. The number of nitrogens with zero attached hydrogens (tertiary/aromatic N) is 6. The van der Waals surface area contributed by atoms with E-state index in [1.54, 1.807) is 6.07 Å². The number of nitrogens with one attached hydrogen (secondary N) is 1. The van der Waals surface area contributed by atoms with Crippen molar-refractivity contribution in [2.75, 3.05) is 19.8 Å². The molecule has 0 spiro atoms. The van der Waals surface area contributed by atoms with Crippen molar-refractivity contribution in [3.05, 3.63) is 53.3 Å². The van der Waals surface area contributed by atoms with Crippen LogP contribution in [0.2, 0.25) is 16.6 Å². The monoisotopic (exact) mass is 789 g/mol. The molecular weight excluding hydrogens is 737 g/mol. The summed E-state index contributed by atoms with van der Waals surface area (Å²) in [5.41, 5.74) is 5.88. The molecule has 56 heavy (non-hydrogen) atoms. The lowest BCUT2D eigenvalue weighted by Crippen LogP contribution is -2.56. The number of halogens is 2. The quantitative estimate of drug-likeness (QED) is 0.103. The van der Waals surface area contributed by atoms with E-state index in [-0.39, 0.29) is 25.1 Å². The van der Waals surface area contributed by atoms with Crippen molar-refractivity contribution in [1.82, 2.24) is 34.3 Å². The predicted molar refractivity (Wildman–Crippen MR) is 214 cm³/mol. The fourth-order valence-corrected chi connectivity index (χ4v) is 15.3. The third-order valence-corrected chi connectivity index (χ3v) is 18.6. The van der Waals surface area contributed by atoms with Gasteiger partial charge in [0.05, 0.1) is 34.7 Å². The molecule has 5 aromatic rings. The van der Waals surface area contributed by atoms with Crippen LogP contribution in [-0.4, -0.2) is 86.1 Å². The fourth-order valence-electron chi connectivity index (χ4n) is 9.26. The number of hydrogen-bond acceptors (Lipinski definition) is 7. The van der Waals surface area contributed by atoms with E-state index >= 15 is 4.39 Å². The van der Waals surface area contributed by atoms with E-state index in [0.29, 0.717) is 81.3 Å². The molecule has 15 heteroatoms. The number of oxazole rings is 1. The van der Waals surface area contributed by atoms with Gasteiger partial charge < -0.3 is 33.6 Å². The van der Waals surface area contributed by atoms with Crippen LogP contribution in [0.4, 0.5) is 13.6 Å². The molecule has 12 nitrogen and oxygen atoms in total. The summed E-state index contributed by atoms with van der Waals surface area (Å²) in [6, 6.07) is 5.59. The summed E-state index contributed by atoms with van der Waals surface area (Å²) in [7, 11) is -0.198. The van der Waals surface area contributed by atoms with Gasteiger partial charge in [0.25, 0.3) is 5.91 Å². The molecule has 0 bridgehead atoms. The van der Waals surface area contributed by atoms with Crippen LogP contribution in [0.1, 0.15) is 83.1 Å². The number of carbonyl (C=O) groups excluding carboxylic acids is 1. The summed E-state index contributed by atoms with van der Waals surface area (Å²) < 4.78 is 46.2. The molecule has 1 fully saturated rings. The number of hydrogen-bond donors (Lipinski definition) is 2. The largest absolute Gasteiger partial charge is 0.488 e. The van der Waals surface area contributed by atoms with Gasteiger partial charge in [-0.2, -0.15) is 0 Å². The third-order valence-electron chi connectivity index (χ3n) is 11.9. The third kappa shape index (κ3) is 7.18. The van der Waals surface area contributed by atoms with Gasteiger partial charge in [0.1, 0.15) is 35.6 Å². The van der Waals surface area contributed by atoms with Gasteiger partial charge in [-0.1, -0.05) is 41.5 Å². The van der Waals surface area contributed by atoms with Gasteiger partial charge in [0, 0.05) is 51.0 Å². The summed E-state index contributed by atoms with van der Waals surface area (Å²) in [4.78, 5) is 40.8. The Morgan fingerprint density at radius 3 is 2.43 bits per heavy atom. The van der Waals surface area contributed by atoms with Crippen molar-refractivity contribution in [2.45, 2.75) is 109 Å². The van der Waals surface area contributed by atoms with E-state index < -0.39 is 32.7 Å². The number of fused-ring (bicyclic) bond motifs is 3. The maximum atomic E-state index is 15.4. The molecule has 300 valence electrons. The van der Waals surface area contributed by atoms with Crippen LogP contribution in [0.15, 0.2) is 34.9 Å². The number of carbonyl (C=O) groups is 2. The summed E-state index contributed by atoms with van der Waals surface area (Å²) in [5.74, 6) is 1.51. The molecule has 0 radical (unpaired) electrons. The molecule has 2 aliphatic rings. The molecule has 1 aliphatic heterocycles. The lowest BCUT2D eigenvalue weighted by molar-refractivity contribution is 0.0712. The number of aromatic nitrogens is 5. The van der Waals surface area contributed by atoms with Gasteiger partial charge in [0.15, 0.2) is 25.1 Å². The molecular formula is C41H53F2N7O5Si. The van der Waals surface area contributed by atoms with Crippen molar-refractivity contribution in [3.63, 3.8) is 0 Å². The second kappa shape index (κ2) is 15.3. The van der Waals surface area contributed by atoms with Gasteiger partial charge in [-0.25, -0.2) is 28.5 Å². The molecule has 4 aromatic heterocycles. The number of pyridine rings is 1. The van der Waals surface area contributed by atoms with Crippen LogP contribution in [-0.2, 0) is 26.4 Å². The normalized spacial score (nSPS) is 16.1. The number of aryl methyl sites for hydroxylation is 1. The number of carboxylic acid groups (broad SMARTS) is 1. The van der Waals surface area contributed by atoms with Crippen LogP contribution in [0.25, 0.3) is 33.6 Å². The van der Waals surface area contributed by atoms with Crippen LogP contribution in [0.5, 0.6) is 5.75 Å². The Hall–Kier alpha value is -4.79. The summed E-state index contributed by atoms with van der Waals surface area (Å²) in [6.45, 7) is 15.6. The fraction of sp³-hybridized carbons (Fsp3) is 0.537. The Bertz CT molecular complexity index is 2250. The zero-order valence-corrected chi connectivity index (χ0v) is 34.5. The Morgan fingerprint density at radius 1 is 1.07 bits per heavy atom. The Labute approximate surface area is 326 Å². The molecule has 1 aromatic carbocycles. The van der Waals surface area contributed by atoms with E-state index in [9.17, 15) is 14.0 Å². The molecule has 0 saturated heterocycles. The van der Waals surface area contributed by atoms with Gasteiger partial charge >= 0.3 is 6.09 Å². The first-order valence-electron chi connectivity index (χ1n) is 19.8. The smallest absolute Gasteiger partial charge is 0.405 e. The lowest BCUT2D eigenvalue weighted by Gasteiger charge is -2.39. The van der Waals surface area contributed by atoms with E-state index in [1.165, 1.54) is 17.0 Å². The first kappa shape index (κ1) is 39.4. The Morgan fingerprint density at radius 2 is 1.79 bits per heavy atom. The maximum Gasteiger partial charge on any atom is 0.405 e. The van der Waals surface area contributed by atoms with E-state index in [1.807, 2.05) is 30.8 Å². The molecule has 1 aliphatic carbocycles. The number of benzene rings is 1. The number of rotatable bonds is 15. The standard InChI is InChI=1S/C41H53F2N7O5Si/c1-22(2)56(23(3)4,24(5)6)41-44-19-30(55-41)13-25(7)54-35-16-28(43)14-27-15-34(50(36(27)35)20-26-9-10-26)38-47-33-17-31-32(46-37(33)48(38)8)11-12-49(39(31)51)21-29(18-42)45-40(52)53/h14-17,19,22-26,29,45H,9-13,18,20-21H2,1-8H3,(H,52,53)/t25?,29-/m1/s1. The summed E-state index contributed by atoms with van der Waals surface area (Å²) >= 11 is 0. The molecule has 2 atom stereocenters. The van der Waals surface area contributed by atoms with Crippen molar-refractivity contribution in [1.29, 1.82) is 0 Å². The zero-order chi connectivity index (χ0) is 40.2. The van der Waals surface area contributed by atoms with E-state index in [4.69, 9.17) is 29.2 Å². The highest BCUT2D eigenvalue weighted by Gasteiger charge is 2.49. The second-order valence-electron chi connectivity index (χ2n) is 16.7. The highest BCUT2D eigenvalue weighted by Crippen LogP contribution is 2.42. The topological polar surface area (TPSA) is 141 Å². The van der Waals surface area contributed by atoms with Crippen molar-refractivity contribution >= 4 is 47.7 Å². The molecule has 2 N–H and O–H groups in total. The Kier molecular flexibility index (Phi) is 10.8. The van der Waals surface area contributed by atoms with Gasteiger partial charge in [-0.05, 0) is 60.5 Å². The van der Waals surface area contributed by atoms with Crippen LogP contribution in [0, 0.1) is 11.7 Å². The van der Waals surface area contributed by atoms with Crippen molar-refractivity contribution < 1.29 is 32.6 Å². The molecule has 7 rings (SSSR count). The lowest BCUT2D eigenvalue weighted by atomic mass is 10.0. The second-order valence-corrected chi connectivity index (χ2v) is 22.5. The molecule has 1 saturated carbocycles. The van der Waals surface area contributed by atoms with E-state index in [2.05, 4.69) is 51.4 Å². The minimum Gasteiger partial charge on any atom is -0.488 e. The Balaban J connectivity index is 1.21. The minimum absolute atomic E-state index is 0.0937. The summed E-state index contributed by atoms with van der Waals surface area (Å²) in [5, 5.41) is 11.9. The summed E-state index contributed by atoms with van der Waals surface area (Å²) in [6.07, 6.45) is 3.23. The first-order valence-corrected chi connectivity index (χ1v) is 22.0. The zero-order valence-electron chi connectivity index (χ0n) is 33.5. The van der Waals surface area contributed by atoms with Crippen LogP contribution >= 0.6 is 0 Å². The highest BCUT2D eigenvalue weighted by molar-refractivity contribution is 6.93. The van der Waals surface area contributed by atoms with E-state index in [0.717, 1.165) is 35.3 Å². The van der Waals surface area contributed by atoms with Crippen LogP contribution < -0.4 is 15.6 Å².